The van der Waals surface area contributed by atoms with E-state index in [9.17, 15) is 9.90 Å². The van der Waals surface area contributed by atoms with E-state index in [2.05, 4.69) is 10.1 Å². The molecule has 0 unspecified atom stereocenters. The standard InChI is InChI=1S/C15H12N2O4/c1-9-16-13(21-17-9)8-20-12-7-6-10-4-2-3-5-11(10)14(12)15(18)19/h2-7H,8H2,1H3,(H,18,19). The number of benzene rings is 2. The zero-order chi connectivity index (χ0) is 14.8. The Bertz CT molecular complexity index is 810. The molecule has 0 amide bonds. The minimum atomic E-state index is -1.04. The first-order valence-electron chi connectivity index (χ1n) is 6.32. The first kappa shape index (κ1) is 13.1. The third-order valence-electron chi connectivity index (χ3n) is 3.03. The molecule has 2 aromatic carbocycles. The van der Waals surface area contributed by atoms with Crippen LogP contribution in [0.2, 0.25) is 0 Å². The molecule has 0 aliphatic heterocycles. The maximum Gasteiger partial charge on any atom is 0.340 e. The quantitative estimate of drug-likeness (QED) is 0.792. The second-order valence-corrected chi connectivity index (χ2v) is 4.49. The Kier molecular flexibility index (Phi) is 3.27. The molecule has 0 aliphatic carbocycles. The topological polar surface area (TPSA) is 85.5 Å². The van der Waals surface area contributed by atoms with Crippen LogP contribution >= 0.6 is 0 Å². The summed E-state index contributed by atoms with van der Waals surface area (Å²) in [6, 6.07) is 10.7. The Hall–Kier alpha value is -2.89. The number of nitrogens with zero attached hydrogens (tertiary/aromatic N) is 2. The lowest BCUT2D eigenvalue weighted by molar-refractivity contribution is 0.0693. The molecule has 0 saturated heterocycles. The highest BCUT2D eigenvalue weighted by Crippen LogP contribution is 2.28. The molecule has 1 N–H and O–H groups in total. The molecule has 0 aliphatic rings. The number of fused-ring (bicyclic) bond motifs is 1. The van der Waals surface area contributed by atoms with Crippen molar-refractivity contribution in [3.05, 3.63) is 53.7 Å². The fraction of sp³-hybridized carbons (Fsp3) is 0.133. The lowest BCUT2D eigenvalue weighted by Crippen LogP contribution is -2.04. The van der Waals surface area contributed by atoms with Crippen molar-refractivity contribution in [2.45, 2.75) is 13.5 Å². The monoisotopic (exact) mass is 284 g/mol. The summed E-state index contributed by atoms with van der Waals surface area (Å²) < 4.78 is 10.5. The Labute approximate surface area is 120 Å². The predicted octanol–water partition coefficient (Wildman–Crippen LogP) is 2.81. The van der Waals surface area contributed by atoms with Crippen molar-refractivity contribution < 1.29 is 19.2 Å². The van der Waals surface area contributed by atoms with E-state index in [4.69, 9.17) is 9.26 Å². The molecule has 3 aromatic rings. The SMILES string of the molecule is Cc1noc(COc2ccc3ccccc3c2C(=O)O)n1. The van der Waals surface area contributed by atoms with Gasteiger partial charge in [0.25, 0.3) is 5.89 Å². The minimum absolute atomic E-state index is 0.0272. The van der Waals surface area contributed by atoms with Gasteiger partial charge in [0.1, 0.15) is 11.3 Å². The fourth-order valence-electron chi connectivity index (χ4n) is 2.13. The van der Waals surface area contributed by atoms with Crippen LogP contribution < -0.4 is 4.74 Å². The van der Waals surface area contributed by atoms with E-state index in [1.165, 1.54) is 0 Å². The van der Waals surface area contributed by atoms with E-state index in [1.54, 1.807) is 25.1 Å². The van der Waals surface area contributed by atoms with E-state index in [1.807, 2.05) is 18.2 Å². The fourth-order valence-corrected chi connectivity index (χ4v) is 2.13. The van der Waals surface area contributed by atoms with Crippen LogP contribution in [0.5, 0.6) is 5.75 Å². The predicted molar refractivity (Wildman–Crippen MR) is 74.3 cm³/mol. The van der Waals surface area contributed by atoms with E-state index in [0.29, 0.717) is 17.1 Å². The minimum Gasteiger partial charge on any atom is -0.483 e. The lowest BCUT2D eigenvalue weighted by Gasteiger charge is -2.10. The number of carboxylic acids is 1. The maximum atomic E-state index is 11.5. The number of rotatable bonds is 4. The van der Waals surface area contributed by atoms with Gasteiger partial charge in [0.15, 0.2) is 12.4 Å². The average Bonchev–Trinajstić information content (AvgIpc) is 2.89. The van der Waals surface area contributed by atoms with Crippen LogP contribution in [0, 0.1) is 6.92 Å². The molecule has 1 aromatic heterocycles. The number of carbonyl (C=O) groups is 1. The number of hydrogen-bond donors (Lipinski definition) is 1. The van der Waals surface area contributed by atoms with Gasteiger partial charge < -0.3 is 14.4 Å². The number of hydrogen-bond acceptors (Lipinski definition) is 5. The van der Waals surface area contributed by atoms with Crippen molar-refractivity contribution in [2.24, 2.45) is 0 Å². The van der Waals surface area contributed by atoms with Gasteiger partial charge in [-0.1, -0.05) is 35.5 Å². The molecule has 3 rings (SSSR count). The second-order valence-electron chi connectivity index (χ2n) is 4.49. The third kappa shape index (κ3) is 2.55. The largest absolute Gasteiger partial charge is 0.483 e. The summed E-state index contributed by atoms with van der Waals surface area (Å²) in [7, 11) is 0. The molecule has 0 radical (unpaired) electrons. The van der Waals surface area contributed by atoms with E-state index in [0.717, 1.165) is 5.39 Å². The van der Waals surface area contributed by atoms with Gasteiger partial charge in [-0.25, -0.2) is 4.79 Å². The number of carboxylic acid groups (broad SMARTS) is 1. The molecule has 0 bridgehead atoms. The van der Waals surface area contributed by atoms with Crippen molar-refractivity contribution in [3.8, 4) is 5.75 Å². The van der Waals surface area contributed by atoms with Crippen LogP contribution in [0.1, 0.15) is 22.1 Å². The molecular formula is C15H12N2O4. The van der Waals surface area contributed by atoms with Crippen LogP contribution in [0.3, 0.4) is 0 Å². The molecule has 1 heterocycles. The van der Waals surface area contributed by atoms with Gasteiger partial charge in [-0.2, -0.15) is 4.98 Å². The van der Waals surface area contributed by atoms with Crippen molar-refractivity contribution in [3.63, 3.8) is 0 Å². The van der Waals surface area contributed by atoms with Gasteiger partial charge >= 0.3 is 5.97 Å². The molecular weight excluding hydrogens is 272 g/mol. The summed E-state index contributed by atoms with van der Waals surface area (Å²) >= 11 is 0. The molecule has 0 atom stereocenters. The smallest absolute Gasteiger partial charge is 0.340 e. The molecule has 6 heteroatoms. The molecule has 0 saturated carbocycles. The van der Waals surface area contributed by atoms with Crippen LogP contribution in [0.15, 0.2) is 40.9 Å². The van der Waals surface area contributed by atoms with Crippen molar-refractivity contribution >= 4 is 16.7 Å². The van der Waals surface area contributed by atoms with Crippen LogP contribution in [0.4, 0.5) is 0 Å². The number of ether oxygens (including phenoxy) is 1. The van der Waals surface area contributed by atoms with Gasteiger partial charge in [-0.15, -0.1) is 0 Å². The average molecular weight is 284 g/mol. The zero-order valence-electron chi connectivity index (χ0n) is 11.2. The van der Waals surface area contributed by atoms with Crippen molar-refractivity contribution in [1.82, 2.24) is 10.1 Å². The third-order valence-corrected chi connectivity index (χ3v) is 3.03. The first-order valence-corrected chi connectivity index (χ1v) is 6.32. The van der Waals surface area contributed by atoms with Gasteiger partial charge in [0, 0.05) is 0 Å². The Morgan fingerprint density at radius 2 is 2.10 bits per heavy atom. The number of aryl methyl sites for hydroxylation is 1. The van der Waals surface area contributed by atoms with Crippen LogP contribution in [-0.4, -0.2) is 21.2 Å². The summed E-state index contributed by atoms with van der Waals surface area (Å²) in [4.78, 5) is 15.5. The summed E-state index contributed by atoms with van der Waals surface area (Å²) in [5.41, 5.74) is 0.129. The Morgan fingerprint density at radius 1 is 1.29 bits per heavy atom. The van der Waals surface area contributed by atoms with Crippen LogP contribution in [-0.2, 0) is 6.61 Å². The lowest BCUT2D eigenvalue weighted by atomic mass is 10.0. The van der Waals surface area contributed by atoms with E-state index < -0.39 is 5.97 Å². The zero-order valence-corrected chi connectivity index (χ0v) is 11.2. The van der Waals surface area contributed by atoms with Gasteiger partial charge in [-0.05, 0) is 23.8 Å². The summed E-state index contributed by atoms with van der Waals surface area (Å²) in [5.74, 6) is 0.0446. The van der Waals surface area contributed by atoms with Gasteiger partial charge in [-0.3, -0.25) is 0 Å². The van der Waals surface area contributed by atoms with Gasteiger partial charge in [0.05, 0.1) is 0 Å². The summed E-state index contributed by atoms with van der Waals surface area (Å²) in [6.07, 6.45) is 0. The number of aromatic nitrogens is 2. The second kappa shape index (κ2) is 5.24. The Morgan fingerprint density at radius 3 is 2.81 bits per heavy atom. The van der Waals surface area contributed by atoms with Crippen LogP contribution in [0.25, 0.3) is 10.8 Å². The highest BCUT2D eigenvalue weighted by atomic mass is 16.5. The van der Waals surface area contributed by atoms with E-state index >= 15 is 0 Å². The Balaban J connectivity index is 1.97. The van der Waals surface area contributed by atoms with Crippen molar-refractivity contribution in [2.75, 3.05) is 0 Å². The first-order chi connectivity index (χ1) is 10.1. The molecule has 6 nitrogen and oxygen atoms in total. The molecule has 106 valence electrons. The number of aromatic carboxylic acids is 1. The summed E-state index contributed by atoms with van der Waals surface area (Å²) in [5, 5.41) is 14.6. The maximum absolute atomic E-state index is 11.5. The molecule has 0 fully saturated rings. The normalized spacial score (nSPS) is 10.7. The highest BCUT2D eigenvalue weighted by Gasteiger charge is 2.16. The summed E-state index contributed by atoms with van der Waals surface area (Å²) in [6.45, 7) is 1.73. The molecule has 21 heavy (non-hydrogen) atoms. The van der Waals surface area contributed by atoms with Crippen molar-refractivity contribution in [1.29, 1.82) is 0 Å². The highest BCUT2D eigenvalue weighted by molar-refractivity contribution is 6.06. The van der Waals surface area contributed by atoms with E-state index in [-0.39, 0.29) is 17.9 Å². The van der Waals surface area contributed by atoms with Gasteiger partial charge in [0.2, 0.25) is 0 Å². The molecule has 0 spiro atoms.